The maximum absolute atomic E-state index is 9.36. The molecule has 1 fully saturated rings. The SMILES string of the molecule is CCC1CN(c2cc(C#N)c3ccccc3n2)CCS1. The number of para-hydroxylation sites is 1. The molecule has 1 aromatic heterocycles. The highest BCUT2D eigenvalue weighted by atomic mass is 32.2. The normalized spacial score (nSPS) is 19.0. The van der Waals surface area contributed by atoms with Gasteiger partial charge in [0.15, 0.2) is 0 Å². The minimum atomic E-state index is 0.669. The first-order valence-electron chi connectivity index (χ1n) is 6.98. The highest BCUT2D eigenvalue weighted by molar-refractivity contribution is 8.00. The van der Waals surface area contributed by atoms with Crippen LogP contribution in [0.4, 0.5) is 5.82 Å². The lowest BCUT2D eigenvalue weighted by Gasteiger charge is -2.33. The standard InChI is InChI=1S/C16H17N3S/c1-2-13-11-19(7-8-20-13)16-9-12(10-17)14-5-3-4-6-15(14)18-16/h3-6,9,13H,2,7-8,11H2,1H3. The van der Waals surface area contributed by atoms with Crippen LogP contribution in [0.2, 0.25) is 0 Å². The van der Waals surface area contributed by atoms with Crippen molar-refractivity contribution in [2.24, 2.45) is 0 Å². The number of anilines is 1. The summed E-state index contributed by atoms with van der Waals surface area (Å²) in [7, 11) is 0. The molecular weight excluding hydrogens is 266 g/mol. The van der Waals surface area contributed by atoms with Crippen molar-refractivity contribution < 1.29 is 0 Å². The van der Waals surface area contributed by atoms with Gasteiger partial charge in [-0.1, -0.05) is 25.1 Å². The second kappa shape index (κ2) is 5.72. The molecule has 0 amide bonds. The van der Waals surface area contributed by atoms with E-state index in [-0.39, 0.29) is 0 Å². The Morgan fingerprint density at radius 3 is 3.10 bits per heavy atom. The van der Waals surface area contributed by atoms with Crippen molar-refractivity contribution in [3.63, 3.8) is 0 Å². The molecular formula is C16H17N3S. The van der Waals surface area contributed by atoms with Gasteiger partial charge in [0.2, 0.25) is 0 Å². The highest BCUT2D eigenvalue weighted by Crippen LogP contribution is 2.27. The molecule has 0 radical (unpaired) electrons. The first kappa shape index (κ1) is 13.3. The zero-order valence-electron chi connectivity index (χ0n) is 11.5. The maximum Gasteiger partial charge on any atom is 0.130 e. The zero-order chi connectivity index (χ0) is 13.9. The smallest absolute Gasteiger partial charge is 0.130 e. The van der Waals surface area contributed by atoms with E-state index in [9.17, 15) is 5.26 Å². The number of hydrogen-bond donors (Lipinski definition) is 0. The third-order valence-corrected chi connectivity index (χ3v) is 5.11. The second-order valence-electron chi connectivity index (χ2n) is 5.00. The number of hydrogen-bond acceptors (Lipinski definition) is 4. The molecule has 1 aromatic carbocycles. The molecule has 4 heteroatoms. The number of nitrogens with zero attached hydrogens (tertiary/aromatic N) is 3. The molecule has 1 aliphatic rings. The largest absolute Gasteiger partial charge is 0.355 e. The number of thioether (sulfide) groups is 1. The van der Waals surface area contributed by atoms with E-state index >= 15 is 0 Å². The number of nitriles is 1. The van der Waals surface area contributed by atoms with Gasteiger partial charge >= 0.3 is 0 Å². The summed E-state index contributed by atoms with van der Waals surface area (Å²) in [6, 6.07) is 12.1. The summed E-state index contributed by atoms with van der Waals surface area (Å²) in [5.41, 5.74) is 1.63. The summed E-state index contributed by atoms with van der Waals surface area (Å²) in [6.45, 7) is 4.27. The predicted molar refractivity (Wildman–Crippen MR) is 85.2 cm³/mol. The van der Waals surface area contributed by atoms with Gasteiger partial charge in [-0.3, -0.25) is 0 Å². The highest BCUT2D eigenvalue weighted by Gasteiger charge is 2.20. The molecule has 1 atom stereocenters. The van der Waals surface area contributed by atoms with Crippen LogP contribution in [-0.4, -0.2) is 29.1 Å². The number of rotatable bonds is 2. The van der Waals surface area contributed by atoms with Gasteiger partial charge in [-0.05, 0) is 18.6 Å². The molecule has 3 nitrogen and oxygen atoms in total. The van der Waals surface area contributed by atoms with Gasteiger partial charge in [0.25, 0.3) is 0 Å². The fraction of sp³-hybridized carbons (Fsp3) is 0.375. The van der Waals surface area contributed by atoms with Crippen LogP contribution in [0, 0.1) is 11.3 Å². The fourth-order valence-electron chi connectivity index (χ4n) is 2.59. The first-order chi connectivity index (χ1) is 9.81. The number of fused-ring (bicyclic) bond motifs is 1. The average Bonchev–Trinajstić information content (AvgIpc) is 2.53. The van der Waals surface area contributed by atoms with Crippen molar-refractivity contribution in [2.45, 2.75) is 18.6 Å². The van der Waals surface area contributed by atoms with Crippen molar-refractivity contribution in [3.05, 3.63) is 35.9 Å². The quantitative estimate of drug-likeness (QED) is 0.846. The minimum Gasteiger partial charge on any atom is -0.355 e. The Balaban J connectivity index is 2.01. The van der Waals surface area contributed by atoms with Gasteiger partial charge in [-0.15, -0.1) is 0 Å². The Hall–Kier alpha value is -1.73. The van der Waals surface area contributed by atoms with E-state index < -0.39 is 0 Å². The molecule has 1 unspecified atom stereocenters. The molecule has 2 heterocycles. The molecule has 2 aromatic rings. The van der Waals surface area contributed by atoms with Gasteiger partial charge < -0.3 is 4.90 Å². The molecule has 102 valence electrons. The summed E-state index contributed by atoms with van der Waals surface area (Å²) in [4.78, 5) is 7.06. The number of benzene rings is 1. The van der Waals surface area contributed by atoms with E-state index in [0.29, 0.717) is 5.25 Å². The number of aromatic nitrogens is 1. The Morgan fingerprint density at radius 1 is 1.45 bits per heavy atom. The van der Waals surface area contributed by atoms with Crippen molar-refractivity contribution in [1.82, 2.24) is 4.98 Å². The molecule has 1 saturated heterocycles. The zero-order valence-corrected chi connectivity index (χ0v) is 12.4. The monoisotopic (exact) mass is 283 g/mol. The molecule has 0 N–H and O–H groups in total. The summed E-state index contributed by atoms with van der Waals surface area (Å²) >= 11 is 2.04. The fourth-order valence-corrected chi connectivity index (χ4v) is 3.77. The van der Waals surface area contributed by atoms with Crippen LogP contribution in [0.25, 0.3) is 10.9 Å². The first-order valence-corrected chi connectivity index (χ1v) is 8.03. The van der Waals surface area contributed by atoms with Gasteiger partial charge in [0.05, 0.1) is 17.1 Å². The van der Waals surface area contributed by atoms with Crippen molar-refractivity contribution in [2.75, 3.05) is 23.7 Å². The summed E-state index contributed by atoms with van der Waals surface area (Å²) in [5.74, 6) is 2.08. The van der Waals surface area contributed by atoms with E-state index in [1.54, 1.807) is 0 Å². The Bertz CT molecular complexity index is 662. The van der Waals surface area contributed by atoms with E-state index in [1.165, 1.54) is 6.42 Å². The molecule has 1 aliphatic heterocycles. The molecule has 0 saturated carbocycles. The topological polar surface area (TPSA) is 39.9 Å². The van der Waals surface area contributed by atoms with E-state index in [1.807, 2.05) is 42.1 Å². The Morgan fingerprint density at radius 2 is 2.30 bits per heavy atom. The lowest BCUT2D eigenvalue weighted by molar-refractivity contribution is 0.721. The van der Waals surface area contributed by atoms with Crippen LogP contribution in [0.5, 0.6) is 0 Å². The molecule has 0 spiro atoms. The number of pyridine rings is 1. The van der Waals surface area contributed by atoms with Crippen LogP contribution in [0.15, 0.2) is 30.3 Å². The van der Waals surface area contributed by atoms with Crippen LogP contribution < -0.4 is 4.90 Å². The van der Waals surface area contributed by atoms with E-state index in [4.69, 9.17) is 4.98 Å². The maximum atomic E-state index is 9.36. The average molecular weight is 283 g/mol. The van der Waals surface area contributed by atoms with Crippen LogP contribution in [0.3, 0.4) is 0 Å². The third-order valence-electron chi connectivity index (χ3n) is 3.74. The third kappa shape index (κ3) is 2.46. The lowest BCUT2D eigenvalue weighted by atomic mass is 10.1. The van der Waals surface area contributed by atoms with Gasteiger partial charge in [0.1, 0.15) is 5.82 Å². The van der Waals surface area contributed by atoms with Gasteiger partial charge in [-0.25, -0.2) is 4.98 Å². The minimum absolute atomic E-state index is 0.669. The Labute approximate surface area is 123 Å². The summed E-state index contributed by atoms with van der Waals surface area (Å²) in [6.07, 6.45) is 1.18. The summed E-state index contributed by atoms with van der Waals surface area (Å²) < 4.78 is 0. The van der Waals surface area contributed by atoms with E-state index in [0.717, 1.165) is 41.1 Å². The van der Waals surface area contributed by atoms with Crippen molar-refractivity contribution >= 4 is 28.5 Å². The predicted octanol–water partition coefficient (Wildman–Crippen LogP) is 3.44. The lowest BCUT2D eigenvalue weighted by Crippen LogP contribution is -2.38. The van der Waals surface area contributed by atoms with E-state index in [2.05, 4.69) is 17.9 Å². The van der Waals surface area contributed by atoms with Crippen LogP contribution in [0.1, 0.15) is 18.9 Å². The van der Waals surface area contributed by atoms with Gasteiger partial charge in [0, 0.05) is 29.5 Å². The second-order valence-corrected chi connectivity index (χ2v) is 6.41. The van der Waals surface area contributed by atoms with Crippen molar-refractivity contribution in [1.29, 1.82) is 5.26 Å². The van der Waals surface area contributed by atoms with Crippen LogP contribution in [-0.2, 0) is 0 Å². The molecule has 0 aliphatic carbocycles. The molecule has 3 rings (SSSR count). The van der Waals surface area contributed by atoms with Crippen molar-refractivity contribution in [3.8, 4) is 6.07 Å². The summed E-state index contributed by atoms with van der Waals surface area (Å²) in [5, 5.41) is 11.0. The van der Waals surface area contributed by atoms with Gasteiger partial charge in [-0.2, -0.15) is 17.0 Å². The van der Waals surface area contributed by atoms with Crippen LogP contribution >= 0.6 is 11.8 Å². The molecule has 20 heavy (non-hydrogen) atoms. The Kier molecular flexibility index (Phi) is 3.79. The molecule has 0 bridgehead atoms.